The molecule has 0 bridgehead atoms. The zero-order valence-electron chi connectivity index (χ0n) is 11.6. The largest absolute Gasteiger partial charge is 0.497 e. The van der Waals surface area contributed by atoms with Crippen molar-refractivity contribution < 1.29 is 4.74 Å². The summed E-state index contributed by atoms with van der Waals surface area (Å²) in [7, 11) is 1.70. The Morgan fingerprint density at radius 1 is 1.39 bits per heavy atom. The van der Waals surface area contributed by atoms with Gasteiger partial charge in [-0.2, -0.15) is 0 Å². The van der Waals surface area contributed by atoms with Gasteiger partial charge in [0, 0.05) is 18.3 Å². The number of methoxy groups -OCH3 is 1. The molecule has 0 aliphatic heterocycles. The van der Waals surface area contributed by atoms with Crippen LogP contribution in [0.2, 0.25) is 0 Å². The van der Waals surface area contributed by atoms with E-state index in [1.165, 1.54) is 18.4 Å². The number of hydrogen-bond donors (Lipinski definition) is 1. The average molecular weight is 245 g/mol. The van der Waals surface area contributed by atoms with Crippen LogP contribution in [0.3, 0.4) is 0 Å². The van der Waals surface area contributed by atoms with E-state index in [4.69, 9.17) is 4.74 Å². The van der Waals surface area contributed by atoms with Gasteiger partial charge in [-0.25, -0.2) is 0 Å². The predicted octanol–water partition coefficient (Wildman–Crippen LogP) is 4.10. The number of ether oxygens (including phenoxy) is 1. The molecule has 1 aromatic rings. The summed E-state index contributed by atoms with van der Waals surface area (Å²) in [6.07, 6.45) is 4.91. The Labute approximate surface area is 110 Å². The molecule has 0 radical (unpaired) electrons. The highest BCUT2D eigenvalue weighted by molar-refractivity contribution is 5.48. The standard InChI is InChI=1S/C16H23NO/c1-12-7-13(2)9-14(8-12)11-17-15-5-4-6-16(10-15)18-3/h4-7,10,12,14,17H,8-9,11H2,1-3H3. The minimum Gasteiger partial charge on any atom is -0.497 e. The van der Waals surface area contributed by atoms with E-state index in [9.17, 15) is 0 Å². The van der Waals surface area contributed by atoms with E-state index in [0.717, 1.165) is 29.8 Å². The maximum Gasteiger partial charge on any atom is 0.120 e. The Hall–Kier alpha value is -1.44. The summed E-state index contributed by atoms with van der Waals surface area (Å²) in [5, 5.41) is 3.52. The molecule has 0 amide bonds. The van der Waals surface area contributed by atoms with Gasteiger partial charge in [0.25, 0.3) is 0 Å². The van der Waals surface area contributed by atoms with Gasteiger partial charge in [0.15, 0.2) is 0 Å². The van der Waals surface area contributed by atoms with Crippen molar-refractivity contribution in [1.29, 1.82) is 0 Å². The zero-order valence-corrected chi connectivity index (χ0v) is 11.6. The van der Waals surface area contributed by atoms with Crippen LogP contribution in [-0.2, 0) is 0 Å². The molecule has 2 heteroatoms. The first kappa shape index (κ1) is 13.0. The Balaban J connectivity index is 1.89. The summed E-state index contributed by atoms with van der Waals surface area (Å²) in [6.45, 7) is 5.60. The third-order valence-electron chi connectivity index (χ3n) is 3.55. The second-order valence-electron chi connectivity index (χ2n) is 5.41. The summed E-state index contributed by atoms with van der Waals surface area (Å²) in [6, 6.07) is 8.14. The minimum atomic E-state index is 0.718. The van der Waals surface area contributed by atoms with E-state index in [1.54, 1.807) is 7.11 Å². The second-order valence-corrected chi connectivity index (χ2v) is 5.41. The van der Waals surface area contributed by atoms with Crippen molar-refractivity contribution in [2.45, 2.75) is 26.7 Å². The fourth-order valence-electron chi connectivity index (χ4n) is 2.84. The molecular weight excluding hydrogens is 222 g/mol. The molecule has 2 rings (SSSR count). The van der Waals surface area contributed by atoms with Crippen LogP contribution in [0.15, 0.2) is 35.9 Å². The third-order valence-corrected chi connectivity index (χ3v) is 3.55. The van der Waals surface area contributed by atoms with Crippen LogP contribution in [0.5, 0.6) is 5.75 Å². The van der Waals surface area contributed by atoms with Gasteiger partial charge in [-0.3, -0.25) is 0 Å². The normalized spacial score (nSPS) is 23.4. The molecule has 2 unspecified atom stereocenters. The molecule has 2 atom stereocenters. The van der Waals surface area contributed by atoms with Gasteiger partial charge in [-0.1, -0.05) is 24.6 Å². The van der Waals surface area contributed by atoms with Crippen molar-refractivity contribution in [3.05, 3.63) is 35.9 Å². The first-order chi connectivity index (χ1) is 8.67. The van der Waals surface area contributed by atoms with Crippen molar-refractivity contribution in [3.63, 3.8) is 0 Å². The fraction of sp³-hybridized carbons (Fsp3) is 0.500. The van der Waals surface area contributed by atoms with E-state index in [-0.39, 0.29) is 0 Å². The highest BCUT2D eigenvalue weighted by Crippen LogP contribution is 2.28. The van der Waals surface area contributed by atoms with Gasteiger partial charge < -0.3 is 10.1 Å². The van der Waals surface area contributed by atoms with Gasteiger partial charge in [-0.05, 0) is 43.7 Å². The molecule has 98 valence electrons. The predicted molar refractivity (Wildman–Crippen MR) is 77.1 cm³/mol. The summed E-state index contributed by atoms with van der Waals surface area (Å²) in [5.41, 5.74) is 2.68. The molecule has 2 nitrogen and oxygen atoms in total. The Bertz CT molecular complexity index is 425. The number of nitrogens with one attached hydrogen (secondary N) is 1. The fourth-order valence-corrected chi connectivity index (χ4v) is 2.84. The van der Waals surface area contributed by atoms with Gasteiger partial charge in [-0.15, -0.1) is 0 Å². The number of rotatable bonds is 4. The van der Waals surface area contributed by atoms with E-state index in [0.29, 0.717) is 0 Å². The zero-order chi connectivity index (χ0) is 13.0. The highest BCUT2D eigenvalue weighted by Gasteiger charge is 2.17. The van der Waals surface area contributed by atoms with Crippen LogP contribution < -0.4 is 10.1 Å². The second kappa shape index (κ2) is 5.94. The lowest BCUT2D eigenvalue weighted by Crippen LogP contribution is -2.20. The average Bonchev–Trinajstić information content (AvgIpc) is 2.35. The topological polar surface area (TPSA) is 21.3 Å². The van der Waals surface area contributed by atoms with Crippen molar-refractivity contribution in [3.8, 4) is 5.75 Å². The molecule has 1 aromatic carbocycles. The highest BCUT2D eigenvalue weighted by atomic mass is 16.5. The number of allylic oxidation sites excluding steroid dienone is 2. The van der Waals surface area contributed by atoms with E-state index >= 15 is 0 Å². The van der Waals surface area contributed by atoms with Crippen molar-refractivity contribution >= 4 is 5.69 Å². The molecule has 18 heavy (non-hydrogen) atoms. The first-order valence-electron chi connectivity index (χ1n) is 6.72. The van der Waals surface area contributed by atoms with Gasteiger partial charge in [0.1, 0.15) is 5.75 Å². The Morgan fingerprint density at radius 2 is 2.22 bits per heavy atom. The smallest absolute Gasteiger partial charge is 0.120 e. The lowest BCUT2D eigenvalue weighted by molar-refractivity contribution is 0.414. The van der Waals surface area contributed by atoms with Crippen LogP contribution in [0.4, 0.5) is 5.69 Å². The summed E-state index contributed by atoms with van der Waals surface area (Å²) >= 11 is 0. The molecule has 0 saturated heterocycles. The molecule has 1 N–H and O–H groups in total. The lowest BCUT2D eigenvalue weighted by atomic mass is 9.84. The lowest BCUT2D eigenvalue weighted by Gasteiger charge is -2.26. The Kier molecular flexibility index (Phi) is 4.29. The molecule has 0 spiro atoms. The maximum atomic E-state index is 5.23. The van der Waals surface area contributed by atoms with Gasteiger partial charge in [0.2, 0.25) is 0 Å². The van der Waals surface area contributed by atoms with Crippen LogP contribution in [0, 0.1) is 11.8 Å². The first-order valence-corrected chi connectivity index (χ1v) is 6.72. The van der Waals surface area contributed by atoms with E-state index in [1.807, 2.05) is 12.1 Å². The molecular formula is C16H23NO. The number of anilines is 1. The van der Waals surface area contributed by atoms with Crippen molar-refractivity contribution in [1.82, 2.24) is 0 Å². The summed E-state index contributed by atoms with van der Waals surface area (Å²) in [5.74, 6) is 2.38. The van der Waals surface area contributed by atoms with Crippen LogP contribution in [0.1, 0.15) is 26.7 Å². The van der Waals surface area contributed by atoms with Crippen LogP contribution in [-0.4, -0.2) is 13.7 Å². The third kappa shape index (κ3) is 3.52. The SMILES string of the molecule is COc1cccc(NCC2CC(C)=CC(C)C2)c1. The quantitative estimate of drug-likeness (QED) is 0.806. The minimum absolute atomic E-state index is 0.718. The Morgan fingerprint density at radius 3 is 2.94 bits per heavy atom. The molecule has 0 heterocycles. The van der Waals surface area contributed by atoms with Crippen molar-refractivity contribution in [2.75, 3.05) is 19.0 Å². The van der Waals surface area contributed by atoms with Crippen molar-refractivity contribution in [2.24, 2.45) is 11.8 Å². The summed E-state index contributed by atoms with van der Waals surface area (Å²) in [4.78, 5) is 0. The molecule has 0 fully saturated rings. The molecule has 0 saturated carbocycles. The summed E-state index contributed by atoms with van der Waals surface area (Å²) < 4.78 is 5.23. The molecule has 0 aromatic heterocycles. The maximum absolute atomic E-state index is 5.23. The van der Waals surface area contributed by atoms with E-state index < -0.39 is 0 Å². The number of hydrogen-bond acceptors (Lipinski definition) is 2. The number of benzene rings is 1. The van der Waals surface area contributed by atoms with Gasteiger partial charge in [0.05, 0.1) is 7.11 Å². The molecule has 1 aliphatic carbocycles. The monoisotopic (exact) mass is 245 g/mol. The van der Waals surface area contributed by atoms with Crippen LogP contribution in [0.25, 0.3) is 0 Å². The van der Waals surface area contributed by atoms with E-state index in [2.05, 4.69) is 37.4 Å². The molecule has 1 aliphatic rings. The van der Waals surface area contributed by atoms with Crippen LogP contribution >= 0.6 is 0 Å². The van der Waals surface area contributed by atoms with Gasteiger partial charge >= 0.3 is 0 Å².